The van der Waals surface area contributed by atoms with E-state index in [9.17, 15) is 5.11 Å². The molecule has 0 saturated carbocycles. The Labute approximate surface area is 189 Å². The molecule has 6 N–H and O–H groups in total. The normalized spacial score (nSPS) is 11.6. The lowest BCUT2D eigenvalue weighted by Crippen LogP contribution is -2.29. The lowest BCUT2D eigenvalue weighted by molar-refractivity contribution is 0.0946. The Morgan fingerprint density at radius 2 is 1.44 bits per heavy atom. The van der Waals surface area contributed by atoms with Crippen molar-refractivity contribution in [2.45, 2.75) is 32.3 Å². The molecule has 0 fully saturated rings. The van der Waals surface area contributed by atoms with E-state index in [-0.39, 0.29) is 5.82 Å². The Balaban J connectivity index is 1.92. The molecule has 0 aliphatic carbocycles. The van der Waals surface area contributed by atoms with E-state index in [0.717, 1.165) is 35.0 Å². The van der Waals surface area contributed by atoms with Gasteiger partial charge in [-0.25, -0.2) is 4.98 Å². The highest BCUT2D eigenvalue weighted by atomic mass is 16.3. The van der Waals surface area contributed by atoms with Crippen LogP contribution < -0.4 is 16.8 Å². The number of nitrogens with zero attached hydrogens (tertiary/aromatic N) is 1. The van der Waals surface area contributed by atoms with Crippen LogP contribution in [0.4, 0.5) is 17.2 Å². The quantitative estimate of drug-likeness (QED) is 0.341. The van der Waals surface area contributed by atoms with Gasteiger partial charge in [0, 0.05) is 11.9 Å². The first kappa shape index (κ1) is 21.7. The van der Waals surface area contributed by atoms with Gasteiger partial charge in [-0.1, -0.05) is 66.7 Å². The zero-order chi connectivity index (χ0) is 22.7. The van der Waals surface area contributed by atoms with E-state index in [4.69, 9.17) is 11.5 Å². The largest absolute Gasteiger partial charge is 0.394 e. The average molecular weight is 427 g/mol. The second-order valence-corrected chi connectivity index (χ2v) is 8.87. The van der Waals surface area contributed by atoms with Gasteiger partial charge < -0.3 is 21.9 Å². The number of aromatic nitrogens is 1. The molecule has 0 radical (unpaired) electrons. The predicted molar refractivity (Wildman–Crippen MR) is 134 cm³/mol. The molecular formula is C27H30N4O. The molecule has 0 aliphatic rings. The van der Waals surface area contributed by atoms with E-state index in [0.29, 0.717) is 12.2 Å². The Kier molecular flexibility index (Phi) is 6.01. The van der Waals surface area contributed by atoms with Crippen LogP contribution in [0.5, 0.6) is 0 Å². The first-order valence-electron chi connectivity index (χ1n) is 10.9. The summed E-state index contributed by atoms with van der Waals surface area (Å²) in [6.07, 6.45) is 1.54. The SMILES string of the molecule is CC(C)(O)CNc1c(N)c(N)nc2ccc(Cc3ccccc3)c(Cc3ccccc3)c12. The molecule has 5 nitrogen and oxygen atoms in total. The smallest absolute Gasteiger partial charge is 0.149 e. The maximum atomic E-state index is 10.3. The number of fused-ring (bicyclic) bond motifs is 1. The van der Waals surface area contributed by atoms with Crippen molar-refractivity contribution in [2.24, 2.45) is 0 Å². The van der Waals surface area contributed by atoms with Crippen molar-refractivity contribution in [1.82, 2.24) is 4.98 Å². The molecule has 32 heavy (non-hydrogen) atoms. The van der Waals surface area contributed by atoms with E-state index in [1.165, 1.54) is 16.7 Å². The van der Waals surface area contributed by atoms with Gasteiger partial charge in [-0.05, 0) is 55.0 Å². The summed E-state index contributed by atoms with van der Waals surface area (Å²) in [5.41, 5.74) is 18.4. The molecular weight excluding hydrogens is 396 g/mol. The summed E-state index contributed by atoms with van der Waals surface area (Å²) >= 11 is 0. The number of pyridine rings is 1. The third-order valence-corrected chi connectivity index (χ3v) is 5.58. The highest BCUT2D eigenvalue weighted by molar-refractivity contribution is 6.03. The van der Waals surface area contributed by atoms with Gasteiger partial charge in [0.1, 0.15) is 5.82 Å². The lowest BCUT2D eigenvalue weighted by Gasteiger charge is -2.23. The van der Waals surface area contributed by atoms with Crippen molar-refractivity contribution in [3.05, 3.63) is 95.1 Å². The third kappa shape index (κ3) is 4.84. The van der Waals surface area contributed by atoms with E-state index < -0.39 is 5.60 Å². The van der Waals surface area contributed by atoms with E-state index >= 15 is 0 Å². The highest BCUT2D eigenvalue weighted by Crippen LogP contribution is 2.37. The molecule has 0 unspecified atom stereocenters. The second kappa shape index (κ2) is 8.89. The van der Waals surface area contributed by atoms with E-state index in [2.05, 4.69) is 64.9 Å². The maximum Gasteiger partial charge on any atom is 0.149 e. The molecule has 0 spiro atoms. The monoisotopic (exact) mass is 426 g/mol. The molecule has 3 aromatic carbocycles. The van der Waals surface area contributed by atoms with Gasteiger partial charge in [0.25, 0.3) is 0 Å². The van der Waals surface area contributed by atoms with Gasteiger partial charge in [-0.15, -0.1) is 0 Å². The number of hydrogen-bond acceptors (Lipinski definition) is 5. The Morgan fingerprint density at radius 3 is 2.03 bits per heavy atom. The average Bonchev–Trinajstić information content (AvgIpc) is 2.77. The topological polar surface area (TPSA) is 97.2 Å². The summed E-state index contributed by atoms with van der Waals surface area (Å²) in [6.45, 7) is 3.85. The molecule has 4 aromatic rings. The van der Waals surface area contributed by atoms with Gasteiger partial charge in [-0.2, -0.15) is 0 Å². The fraction of sp³-hybridized carbons (Fsp3) is 0.222. The van der Waals surface area contributed by atoms with Crippen LogP contribution in [0, 0.1) is 0 Å². The number of nitrogen functional groups attached to an aromatic ring is 2. The highest BCUT2D eigenvalue weighted by Gasteiger charge is 2.20. The number of nitrogens with two attached hydrogens (primary N) is 2. The van der Waals surface area contributed by atoms with Crippen LogP contribution in [-0.4, -0.2) is 22.2 Å². The fourth-order valence-corrected chi connectivity index (χ4v) is 3.98. The number of benzene rings is 3. The first-order chi connectivity index (χ1) is 15.3. The van der Waals surface area contributed by atoms with Crippen molar-refractivity contribution < 1.29 is 5.11 Å². The molecule has 0 aliphatic heterocycles. The molecule has 5 heteroatoms. The molecule has 0 saturated heterocycles. The van der Waals surface area contributed by atoms with Crippen molar-refractivity contribution in [3.63, 3.8) is 0 Å². The number of aliphatic hydroxyl groups is 1. The Bertz CT molecular complexity index is 1220. The molecule has 1 heterocycles. The summed E-state index contributed by atoms with van der Waals surface area (Å²) in [5.74, 6) is 0.289. The van der Waals surface area contributed by atoms with Gasteiger partial charge in [0.15, 0.2) is 0 Å². The predicted octanol–water partition coefficient (Wildman–Crippen LogP) is 4.76. The van der Waals surface area contributed by atoms with Crippen molar-refractivity contribution >= 4 is 28.1 Å². The zero-order valence-corrected chi connectivity index (χ0v) is 18.6. The summed E-state index contributed by atoms with van der Waals surface area (Å²) in [5, 5.41) is 14.6. The molecule has 0 atom stereocenters. The first-order valence-corrected chi connectivity index (χ1v) is 10.9. The van der Waals surface area contributed by atoms with Crippen molar-refractivity contribution in [2.75, 3.05) is 23.3 Å². The Hall–Kier alpha value is -3.57. The number of anilines is 3. The number of rotatable bonds is 7. The van der Waals surface area contributed by atoms with Crippen LogP contribution in [-0.2, 0) is 12.8 Å². The molecule has 0 bridgehead atoms. The van der Waals surface area contributed by atoms with Crippen LogP contribution in [0.25, 0.3) is 10.9 Å². The van der Waals surface area contributed by atoms with Crippen molar-refractivity contribution in [1.29, 1.82) is 0 Å². The van der Waals surface area contributed by atoms with Gasteiger partial charge in [0.2, 0.25) is 0 Å². The lowest BCUT2D eigenvalue weighted by atomic mass is 9.90. The summed E-state index contributed by atoms with van der Waals surface area (Å²) in [4.78, 5) is 4.58. The number of hydrogen-bond donors (Lipinski definition) is 4. The summed E-state index contributed by atoms with van der Waals surface area (Å²) in [7, 11) is 0. The second-order valence-electron chi connectivity index (χ2n) is 8.87. The van der Waals surface area contributed by atoms with Gasteiger partial charge in [0.05, 0.1) is 22.5 Å². The standard InChI is InChI=1S/C27H30N4O/c1-27(2,32)17-30-25-23-21(16-19-11-7-4-8-12-19)20(15-18-9-5-3-6-10-18)13-14-22(23)31-26(29)24(25)28/h3-14,32H,15-17,28H2,1-2H3,(H3,29,30,31). The fourth-order valence-electron chi connectivity index (χ4n) is 3.98. The maximum absolute atomic E-state index is 10.3. The van der Waals surface area contributed by atoms with Crippen LogP contribution >= 0.6 is 0 Å². The van der Waals surface area contributed by atoms with Gasteiger partial charge >= 0.3 is 0 Å². The van der Waals surface area contributed by atoms with E-state index in [1.54, 1.807) is 13.8 Å². The van der Waals surface area contributed by atoms with Gasteiger partial charge in [-0.3, -0.25) is 0 Å². The minimum absolute atomic E-state index is 0.289. The van der Waals surface area contributed by atoms with Crippen LogP contribution in [0.1, 0.15) is 36.1 Å². The third-order valence-electron chi connectivity index (χ3n) is 5.58. The number of nitrogens with one attached hydrogen (secondary N) is 1. The minimum Gasteiger partial charge on any atom is -0.394 e. The van der Waals surface area contributed by atoms with Crippen LogP contribution in [0.3, 0.4) is 0 Å². The van der Waals surface area contributed by atoms with Crippen molar-refractivity contribution in [3.8, 4) is 0 Å². The molecule has 4 rings (SSSR count). The summed E-state index contributed by atoms with van der Waals surface area (Å²) < 4.78 is 0. The van der Waals surface area contributed by atoms with Crippen LogP contribution in [0.2, 0.25) is 0 Å². The molecule has 1 aromatic heterocycles. The summed E-state index contributed by atoms with van der Waals surface area (Å²) in [6, 6.07) is 24.9. The minimum atomic E-state index is -0.905. The van der Waals surface area contributed by atoms with Crippen LogP contribution in [0.15, 0.2) is 72.8 Å². The molecule has 164 valence electrons. The molecule has 0 amide bonds. The zero-order valence-electron chi connectivity index (χ0n) is 18.6. The van der Waals surface area contributed by atoms with E-state index in [1.807, 2.05) is 18.2 Å². The Morgan fingerprint density at radius 1 is 0.844 bits per heavy atom.